The minimum Gasteiger partial charge on any atom is -0.310 e. The van der Waals surface area contributed by atoms with Crippen molar-refractivity contribution in [2.45, 2.75) is 25.3 Å². The average Bonchev–Trinajstić information content (AvgIpc) is 3.17. The van der Waals surface area contributed by atoms with Gasteiger partial charge in [0.05, 0.1) is 22.5 Å². The first kappa shape index (κ1) is 25.4. The predicted molar refractivity (Wildman–Crippen MR) is 156 cm³/mol. The Bertz CT molecular complexity index is 1560. The van der Waals surface area contributed by atoms with Crippen molar-refractivity contribution in [1.82, 2.24) is 4.90 Å². The van der Waals surface area contributed by atoms with Gasteiger partial charge in [0.1, 0.15) is 6.04 Å². The molecule has 4 aromatic rings. The fraction of sp³-hybridized carbons (Fsp3) is 0.176. The number of amides is 3. The van der Waals surface area contributed by atoms with Crippen molar-refractivity contribution < 1.29 is 14.4 Å². The smallest absolute Gasteiger partial charge is 0.261 e. The molecule has 0 N–H and O–H groups in total. The number of nitrogens with zero attached hydrogens (tertiary/aromatic N) is 3. The molecule has 1 atom stereocenters. The molecule has 0 aliphatic carbocycles. The molecule has 4 aromatic carbocycles. The maximum atomic E-state index is 14.1. The van der Waals surface area contributed by atoms with Crippen molar-refractivity contribution in [2.75, 3.05) is 18.0 Å². The standard InChI is InChI=1S/C34H29N3O3/c38-32-26-17-7-8-18-27(26)33(39)37(32)22-12-11-21-36-30-20-10-9-19-28(30)31(25-15-5-2-6-16-25)35-29(34(36)40)23-24-13-3-1-4-14-24/h1-10,13-20,29H,11-12,21-23H2. The van der Waals surface area contributed by atoms with E-state index in [0.717, 1.165) is 28.1 Å². The van der Waals surface area contributed by atoms with Crippen LogP contribution in [0, 0.1) is 0 Å². The number of unbranched alkanes of at least 4 members (excludes halogenated alkanes) is 1. The summed E-state index contributed by atoms with van der Waals surface area (Å²) >= 11 is 0. The first-order valence-electron chi connectivity index (χ1n) is 13.6. The molecule has 0 aromatic heterocycles. The van der Waals surface area contributed by atoms with Crippen molar-refractivity contribution in [3.05, 3.63) is 137 Å². The molecule has 6 nitrogen and oxygen atoms in total. The van der Waals surface area contributed by atoms with E-state index in [2.05, 4.69) is 0 Å². The van der Waals surface area contributed by atoms with Crippen LogP contribution < -0.4 is 4.90 Å². The maximum absolute atomic E-state index is 14.1. The normalized spacial score (nSPS) is 16.4. The van der Waals surface area contributed by atoms with E-state index in [-0.39, 0.29) is 17.7 Å². The highest BCUT2D eigenvalue weighted by Crippen LogP contribution is 2.30. The molecule has 198 valence electrons. The largest absolute Gasteiger partial charge is 0.310 e. The van der Waals surface area contributed by atoms with E-state index in [0.29, 0.717) is 43.5 Å². The number of fused-ring (bicyclic) bond motifs is 2. The van der Waals surface area contributed by atoms with Gasteiger partial charge in [-0.05, 0) is 36.6 Å². The third-order valence-corrected chi connectivity index (χ3v) is 7.50. The molecule has 6 heteroatoms. The lowest BCUT2D eigenvalue weighted by Gasteiger charge is -2.26. The molecule has 0 radical (unpaired) electrons. The fourth-order valence-corrected chi connectivity index (χ4v) is 5.50. The lowest BCUT2D eigenvalue weighted by molar-refractivity contribution is -0.119. The zero-order chi connectivity index (χ0) is 27.5. The minimum atomic E-state index is -0.582. The number of hydrogen-bond acceptors (Lipinski definition) is 4. The van der Waals surface area contributed by atoms with Gasteiger partial charge in [-0.1, -0.05) is 91.0 Å². The second-order valence-corrected chi connectivity index (χ2v) is 10.1. The quantitative estimate of drug-likeness (QED) is 0.223. The lowest BCUT2D eigenvalue weighted by Crippen LogP contribution is -2.40. The van der Waals surface area contributed by atoms with Crippen LogP contribution in [0.25, 0.3) is 0 Å². The molecule has 6 rings (SSSR count). The Labute approximate surface area is 233 Å². The van der Waals surface area contributed by atoms with Crippen LogP contribution in [0.5, 0.6) is 0 Å². The van der Waals surface area contributed by atoms with Crippen LogP contribution in [0.2, 0.25) is 0 Å². The number of carbonyl (C=O) groups excluding carboxylic acids is 3. The van der Waals surface area contributed by atoms with Crippen LogP contribution in [0.4, 0.5) is 5.69 Å². The molecule has 40 heavy (non-hydrogen) atoms. The number of para-hydroxylation sites is 1. The SMILES string of the molecule is O=C1c2ccccc2C(=O)N1CCCCN1C(=O)C(Cc2ccccc2)N=C(c2ccccc2)c2ccccc21. The van der Waals surface area contributed by atoms with Gasteiger partial charge in [-0.3, -0.25) is 24.3 Å². The summed E-state index contributed by atoms with van der Waals surface area (Å²) in [5.41, 5.74) is 5.47. The Hall–Kier alpha value is -4.84. The monoisotopic (exact) mass is 527 g/mol. The van der Waals surface area contributed by atoms with Crippen LogP contribution in [0.1, 0.15) is 50.2 Å². The second-order valence-electron chi connectivity index (χ2n) is 10.1. The van der Waals surface area contributed by atoms with Gasteiger partial charge >= 0.3 is 0 Å². The Balaban J connectivity index is 1.25. The number of aliphatic imine (C=N–C) groups is 1. The van der Waals surface area contributed by atoms with Crippen LogP contribution in [-0.4, -0.2) is 47.5 Å². The number of anilines is 1. The van der Waals surface area contributed by atoms with Gasteiger partial charge in [-0.15, -0.1) is 0 Å². The van der Waals surface area contributed by atoms with Gasteiger partial charge in [-0.25, -0.2) is 0 Å². The van der Waals surface area contributed by atoms with Gasteiger partial charge in [0.25, 0.3) is 17.7 Å². The highest BCUT2D eigenvalue weighted by molar-refractivity contribution is 6.21. The molecule has 0 saturated carbocycles. The second kappa shape index (κ2) is 11.1. The van der Waals surface area contributed by atoms with Crippen LogP contribution in [-0.2, 0) is 11.2 Å². The zero-order valence-electron chi connectivity index (χ0n) is 22.1. The number of benzodiazepines with no additional fused rings is 1. The summed E-state index contributed by atoms with van der Waals surface area (Å²) in [5.74, 6) is -0.552. The van der Waals surface area contributed by atoms with Crippen LogP contribution in [0.3, 0.4) is 0 Å². The van der Waals surface area contributed by atoms with Gasteiger partial charge in [0.15, 0.2) is 0 Å². The summed E-state index contributed by atoms with van der Waals surface area (Å²) in [6.07, 6.45) is 1.72. The van der Waals surface area contributed by atoms with Crippen molar-refractivity contribution >= 4 is 29.1 Å². The Morgan fingerprint density at radius 3 is 1.75 bits per heavy atom. The highest BCUT2D eigenvalue weighted by Gasteiger charge is 2.35. The molecular formula is C34H29N3O3. The molecule has 1 unspecified atom stereocenters. The average molecular weight is 528 g/mol. The zero-order valence-corrected chi connectivity index (χ0v) is 22.1. The molecule has 0 saturated heterocycles. The topological polar surface area (TPSA) is 70.1 Å². The van der Waals surface area contributed by atoms with Crippen molar-refractivity contribution in [2.24, 2.45) is 4.99 Å². The molecule has 2 heterocycles. The summed E-state index contributed by atoms with van der Waals surface area (Å²) in [6, 6.07) is 34.2. The number of imide groups is 1. The van der Waals surface area contributed by atoms with Crippen LogP contribution >= 0.6 is 0 Å². The number of carbonyl (C=O) groups is 3. The summed E-state index contributed by atoms with van der Waals surface area (Å²) < 4.78 is 0. The fourth-order valence-electron chi connectivity index (χ4n) is 5.50. The van der Waals surface area contributed by atoms with E-state index >= 15 is 0 Å². The maximum Gasteiger partial charge on any atom is 0.261 e. The van der Waals surface area contributed by atoms with Crippen molar-refractivity contribution in [1.29, 1.82) is 0 Å². The lowest BCUT2D eigenvalue weighted by atomic mass is 10.00. The van der Waals surface area contributed by atoms with E-state index in [9.17, 15) is 14.4 Å². The Kier molecular flexibility index (Phi) is 7.06. The highest BCUT2D eigenvalue weighted by atomic mass is 16.2. The van der Waals surface area contributed by atoms with Crippen molar-refractivity contribution in [3.63, 3.8) is 0 Å². The summed E-state index contributed by atoms with van der Waals surface area (Å²) in [7, 11) is 0. The third kappa shape index (κ3) is 4.84. The molecular weight excluding hydrogens is 498 g/mol. The molecule has 0 fully saturated rings. The van der Waals surface area contributed by atoms with Gasteiger partial charge in [0.2, 0.25) is 0 Å². The van der Waals surface area contributed by atoms with E-state index in [1.54, 1.807) is 24.3 Å². The van der Waals surface area contributed by atoms with E-state index in [1.807, 2.05) is 89.8 Å². The Morgan fingerprint density at radius 1 is 0.575 bits per heavy atom. The summed E-state index contributed by atoms with van der Waals surface area (Å²) in [4.78, 5) is 47.9. The van der Waals surface area contributed by atoms with E-state index in [4.69, 9.17) is 4.99 Å². The predicted octanol–water partition coefficient (Wildman–Crippen LogP) is 5.56. The molecule has 0 spiro atoms. The van der Waals surface area contributed by atoms with Gasteiger partial charge in [0, 0.05) is 30.6 Å². The number of benzene rings is 4. The van der Waals surface area contributed by atoms with Gasteiger partial charge < -0.3 is 4.90 Å². The summed E-state index contributed by atoms with van der Waals surface area (Å²) in [5, 5.41) is 0. The van der Waals surface area contributed by atoms with Crippen molar-refractivity contribution in [3.8, 4) is 0 Å². The summed E-state index contributed by atoms with van der Waals surface area (Å²) in [6.45, 7) is 0.775. The molecule has 2 aliphatic rings. The van der Waals surface area contributed by atoms with E-state index in [1.165, 1.54) is 4.90 Å². The molecule has 0 bridgehead atoms. The molecule has 3 amide bonds. The third-order valence-electron chi connectivity index (χ3n) is 7.50. The number of hydrogen-bond donors (Lipinski definition) is 0. The minimum absolute atomic E-state index is 0.0528. The Morgan fingerprint density at radius 2 is 1.10 bits per heavy atom. The van der Waals surface area contributed by atoms with E-state index < -0.39 is 6.04 Å². The van der Waals surface area contributed by atoms with Crippen LogP contribution in [0.15, 0.2) is 114 Å². The van der Waals surface area contributed by atoms with Gasteiger partial charge in [-0.2, -0.15) is 0 Å². The molecule has 2 aliphatic heterocycles. The first-order chi connectivity index (χ1) is 19.6. The first-order valence-corrected chi connectivity index (χ1v) is 13.6. The number of rotatable bonds is 8.